The van der Waals surface area contributed by atoms with E-state index in [1.54, 1.807) is 0 Å². The molecule has 0 aliphatic heterocycles. The maximum Gasteiger partial charge on any atom is 0.314 e. The van der Waals surface area contributed by atoms with Crippen molar-refractivity contribution >= 4 is 23.6 Å². The summed E-state index contributed by atoms with van der Waals surface area (Å²) >= 11 is 5.90. The second kappa shape index (κ2) is 9.30. The zero-order valence-corrected chi connectivity index (χ0v) is 13.7. The first-order valence-corrected chi connectivity index (χ1v) is 7.77. The molecule has 0 fully saturated rings. The number of carboxylic acids is 1. The van der Waals surface area contributed by atoms with E-state index in [9.17, 15) is 9.59 Å². The van der Waals surface area contributed by atoms with Crippen LogP contribution in [-0.4, -0.2) is 30.2 Å². The van der Waals surface area contributed by atoms with E-state index in [1.165, 1.54) is 0 Å². The van der Waals surface area contributed by atoms with Gasteiger partial charge in [0.05, 0.1) is 0 Å². The van der Waals surface area contributed by atoms with E-state index in [1.807, 2.05) is 24.3 Å². The normalized spacial score (nSPS) is 12.0. The minimum atomic E-state index is -0.857. The molecule has 5 nitrogen and oxygen atoms in total. The molecule has 0 aliphatic carbocycles. The van der Waals surface area contributed by atoms with Crippen LogP contribution in [0.25, 0.3) is 0 Å². The van der Waals surface area contributed by atoms with Crippen LogP contribution in [0, 0.1) is 5.92 Å². The van der Waals surface area contributed by atoms with Crippen molar-refractivity contribution in [1.82, 2.24) is 10.6 Å². The molecule has 1 aromatic carbocycles. The second-order valence-corrected chi connectivity index (χ2v) is 5.97. The van der Waals surface area contributed by atoms with Gasteiger partial charge in [0.15, 0.2) is 0 Å². The lowest BCUT2D eigenvalue weighted by molar-refractivity contribution is -0.137. The molecule has 0 radical (unpaired) electrons. The van der Waals surface area contributed by atoms with Crippen molar-refractivity contribution in [2.24, 2.45) is 5.92 Å². The summed E-state index contributed by atoms with van der Waals surface area (Å²) < 4.78 is 0. The lowest BCUT2D eigenvalue weighted by atomic mass is 9.88. The number of carbonyl (C=O) groups is 2. The number of nitrogens with one attached hydrogen (secondary N) is 2. The summed E-state index contributed by atoms with van der Waals surface area (Å²) in [6.45, 7) is 5.08. The van der Waals surface area contributed by atoms with Gasteiger partial charge in [-0.05, 0) is 30.0 Å². The molecular formula is C16H23ClN2O3. The fraction of sp³-hybridized carbons (Fsp3) is 0.500. The highest BCUT2D eigenvalue weighted by Gasteiger charge is 2.16. The van der Waals surface area contributed by atoms with Crippen molar-refractivity contribution in [2.45, 2.75) is 32.6 Å². The number of hydrogen-bond donors (Lipinski definition) is 3. The van der Waals surface area contributed by atoms with E-state index in [4.69, 9.17) is 16.7 Å². The Morgan fingerprint density at radius 1 is 1.18 bits per heavy atom. The summed E-state index contributed by atoms with van der Waals surface area (Å²) in [5.74, 6) is -0.291. The first-order chi connectivity index (χ1) is 10.4. The van der Waals surface area contributed by atoms with Crippen LogP contribution < -0.4 is 10.6 Å². The fourth-order valence-corrected chi connectivity index (χ4v) is 2.28. The Balaban J connectivity index is 2.43. The van der Waals surface area contributed by atoms with Crippen molar-refractivity contribution in [3.63, 3.8) is 0 Å². The Kier molecular flexibility index (Phi) is 7.74. The maximum atomic E-state index is 11.7. The van der Waals surface area contributed by atoms with Crippen LogP contribution in [0.4, 0.5) is 4.79 Å². The third-order valence-corrected chi connectivity index (χ3v) is 3.69. The first-order valence-electron chi connectivity index (χ1n) is 7.39. The van der Waals surface area contributed by atoms with E-state index in [2.05, 4.69) is 24.5 Å². The molecule has 1 atom stereocenters. The number of aliphatic carboxylic acids is 1. The first kappa shape index (κ1) is 18.3. The van der Waals surface area contributed by atoms with Gasteiger partial charge in [0.25, 0.3) is 0 Å². The van der Waals surface area contributed by atoms with Gasteiger partial charge < -0.3 is 15.7 Å². The van der Waals surface area contributed by atoms with Gasteiger partial charge in [-0.1, -0.05) is 37.6 Å². The van der Waals surface area contributed by atoms with Crippen molar-refractivity contribution in [3.05, 3.63) is 34.9 Å². The number of carbonyl (C=O) groups excluding carboxylic acids is 1. The molecular weight excluding hydrogens is 304 g/mol. The van der Waals surface area contributed by atoms with Gasteiger partial charge in [-0.25, -0.2) is 4.79 Å². The zero-order chi connectivity index (χ0) is 16.5. The Morgan fingerprint density at radius 3 is 2.36 bits per heavy atom. The molecule has 3 N–H and O–H groups in total. The molecule has 0 aliphatic rings. The van der Waals surface area contributed by atoms with Gasteiger partial charge in [-0.3, -0.25) is 4.79 Å². The van der Waals surface area contributed by atoms with Crippen LogP contribution in [0.2, 0.25) is 5.02 Å². The van der Waals surface area contributed by atoms with Crippen molar-refractivity contribution in [3.8, 4) is 0 Å². The Hall–Kier alpha value is -1.75. The summed E-state index contributed by atoms with van der Waals surface area (Å²) in [7, 11) is 0. The molecule has 1 aromatic rings. The maximum absolute atomic E-state index is 11.7. The van der Waals surface area contributed by atoms with Crippen LogP contribution >= 0.6 is 11.6 Å². The molecule has 1 unspecified atom stereocenters. The average Bonchev–Trinajstić information content (AvgIpc) is 2.45. The number of halogens is 1. The molecule has 0 spiro atoms. The van der Waals surface area contributed by atoms with Crippen LogP contribution in [-0.2, 0) is 4.79 Å². The fourth-order valence-electron chi connectivity index (χ4n) is 2.16. The van der Waals surface area contributed by atoms with Crippen molar-refractivity contribution in [1.29, 1.82) is 0 Å². The molecule has 1 rings (SSSR count). The standard InChI is InChI=1S/C16H23ClN2O3/c1-11(2)14(12-5-7-13(17)8-6-12)10-19-16(22)18-9-3-4-15(20)21/h5-8,11,14H,3-4,9-10H2,1-2H3,(H,20,21)(H2,18,19,22). The van der Waals surface area contributed by atoms with Gasteiger partial charge in [0, 0.05) is 30.5 Å². The predicted molar refractivity (Wildman–Crippen MR) is 87.3 cm³/mol. The van der Waals surface area contributed by atoms with Gasteiger partial charge in [-0.2, -0.15) is 0 Å². The Morgan fingerprint density at radius 2 is 1.82 bits per heavy atom. The SMILES string of the molecule is CC(C)C(CNC(=O)NCCCC(=O)O)c1ccc(Cl)cc1. The second-order valence-electron chi connectivity index (χ2n) is 5.54. The summed E-state index contributed by atoms with van der Waals surface area (Å²) in [5.41, 5.74) is 1.13. The highest BCUT2D eigenvalue weighted by atomic mass is 35.5. The van der Waals surface area contributed by atoms with Gasteiger partial charge in [0.1, 0.15) is 0 Å². The summed E-state index contributed by atoms with van der Waals surface area (Å²) in [5, 5.41) is 14.7. The van der Waals surface area contributed by atoms with E-state index < -0.39 is 5.97 Å². The topological polar surface area (TPSA) is 78.4 Å². The molecule has 0 aromatic heterocycles. The molecule has 122 valence electrons. The van der Waals surface area contributed by atoms with Crippen molar-refractivity contribution in [2.75, 3.05) is 13.1 Å². The van der Waals surface area contributed by atoms with E-state index in [0.717, 1.165) is 5.56 Å². The predicted octanol–water partition coefficient (Wildman–Crippen LogP) is 3.24. The van der Waals surface area contributed by atoms with E-state index in [0.29, 0.717) is 30.5 Å². The highest BCUT2D eigenvalue weighted by Crippen LogP contribution is 2.24. The number of carboxylic acid groups (broad SMARTS) is 1. The molecule has 0 bridgehead atoms. The number of benzene rings is 1. The third-order valence-electron chi connectivity index (χ3n) is 3.44. The average molecular weight is 327 g/mol. The number of rotatable bonds is 8. The Bertz CT molecular complexity index is 489. The number of urea groups is 1. The van der Waals surface area contributed by atoms with Crippen LogP contribution in [0.5, 0.6) is 0 Å². The van der Waals surface area contributed by atoms with Crippen LogP contribution in [0.15, 0.2) is 24.3 Å². The summed E-state index contributed by atoms with van der Waals surface area (Å²) in [6, 6.07) is 7.36. The monoisotopic (exact) mass is 326 g/mol. The quantitative estimate of drug-likeness (QED) is 0.642. The highest BCUT2D eigenvalue weighted by molar-refractivity contribution is 6.30. The lowest BCUT2D eigenvalue weighted by Gasteiger charge is -2.22. The molecule has 0 saturated carbocycles. The van der Waals surface area contributed by atoms with Gasteiger partial charge in [-0.15, -0.1) is 0 Å². The van der Waals surface area contributed by atoms with E-state index in [-0.39, 0.29) is 18.4 Å². The Labute approximate surface area is 136 Å². The van der Waals surface area contributed by atoms with Crippen molar-refractivity contribution < 1.29 is 14.7 Å². The largest absolute Gasteiger partial charge is 0.481 e. The molecule has 0 heterocycles. The number of amides is 2. The third kappa shape index (κ3) is 6.80. The van der Waals surface area contributed by atoms with Crippen LogP contribution in [0.1, 0.15) is 38.2 Å². The van der Waals surface area contributed by atoms with Gasteiger partial charge >= 0.3 is 12.0 Å². The molecule has 6 heteroatoms. The van der Waals surface area contributed by atoms with Crippen LogP contribution in [0.3, 0.4) is 0 Å². The zero-order valence-electron chi connectivity index (χ0n) is 12.9. The number of hydrogen-bond acceptors (Lipinski definition) is 2. The minimum absolute atomic E-state index is 0.0552. The molecule has 22 heavy (non-hydrogen) atoms. The minimum Gasteiger partial charge on any atom is -0.481 e. The molecule has 0 saturated heterocycles. The van der Waals surface area contributed by atoms with Gasteiger partial charge in [0.2, 0.25) is 0 Å². The molecule has 2 amide bonds. The lowest BCUT2D eigenvalue weighted by Crippen LogP contribution is -2.39. The summed E-state index contributed by atoms with van der Waals surface area (Å²) in [6.07, 6.45) is 0.479. The summed E-state index contributed by atoms with van der Waals surface area (Å²) in [4.78, 5) is 22.1. The smallest absolute Gasteiger partial charge is 0.314 e. The van der Waals surface area contributed by atoms with E-state index >= 15 is 0 Å².